The van der Waals surface area contributed by atoms with Gasteiger partial charge in [0.15, 0.2) is 0 Å². The number of nitrogens with zero attached hydrogens (tertiary/aromatic N) is 3. The van der Waals surface area contributed by atoms with Crippen LogP contribution in [0.1, 0.15) is 18.1 Å². The Labute approximate surface area is 232 Å². The Morgan fingerprint density at radius 3 is 2.54 bits per heavy atom. The van der Waals surface area contributed by atoms with Gasteiger partial charge in [-0.3, -0.25) is 14.5 Å². The van der Waals surface area contributed by atoms with Crippen LogP contribution in [0.5, 0.6) is 5.75 Å². The van der Waals surface area contributed by atoms with Crippen LogP contribution in [0, 0.1) is 0 Å². The summed E-state index contributed by atoms with van der Waals surface area (Å²) >= 11 is 0. The molecule has 0 aromatic heterocycles. The maximum atomic E-state index is 11.6. The maximum absolute atomic E-state index is 11.6. The number of allylic oxidation sites excluding steroid dienone is 2. The van der Waals surface area contributed by atoms with Crippen molar-refractivity contribution in [2.24, 2.45) is 0 Å². The molecule has 4 rings (SSSR count). The van der Waals surface area contributed by atoms with Gasteiger partial charge in [-0.1, -0.05) is 24.8 Å². The van der Waals surface area contributed by atoms with E-state index in [2.05, 4.69) is 64.2 Å². The number of anilines is 2. The number of ether oxygens (including phenoxy) is 1. The minimum Gasteiger partial charge on any atom is -0.457 e. The molecule has 2 aliphatic rings. The quantitative estimate of drug-likeness (QED) is 0.222. The SMILES string of the molecule is C=C(/C=C(\C=C/C)Oc1ccc2c(c1)CCN2C)C(=O)NC.CN1CCN(Cc2cccc(NC=O)c2)CC1. The van der Waals surface area contributed by atoms with Gasteiger partial charge >= 0.3 is 0 Å². The fourth-order valence-electron chi connectivity index (χ4n) is 4.51. The van der Waals surface area contributed by atoms with E-state index in [1.54, 1.807) is 13.1 Å². The van der Waals surface area contributed by atoms with Gasteiger partial charge in [0, 0.05) is 70.3 Å². The number of rotatable bonds is 9. The zero-order chi connectivity index (χ0) is 28.2. The van der Waals surface area contributed by atoms with E-state index in [4.69, 9.17) is 4.74 Å². The first-order chi connectivity index (χ1) is 18.8. The van der Waals surface area contributed by atoms with Gasteiger partial charge in [-0.05, 0) is 74.0 Å². The van der Waals surface area contributed by atoms with Crippen LogP contribution < -0.4 is 20.3 Å². The average Bonchev–Trinajstić information content (AvgIpc) is 3.30. The third-order valence-corrected chi connectivity index (χ3v) is 6.74. The van der Waals surface area contributed by atoms with E-state index in [1.165, 1.54) is 16.8 Å². The summed E-state index contributed by atoms with van der Waals surface area (Å²) in [7, 11) is 5.82. The number of carbonyl (C=O) groups excluding carboxylic acids is 2. The number of carbonyl (C=O) groups is 2. The Bertz CT molecular complexity index is 1200. The molecule has 2 heterocycles. The van der Waals surface area contributed by atoms with Gasteiger partial charge in [0.2, 0.25) is 6.41 Å². The minimum absolute atomic E-state index is 0.221. The summed E-state index contributed by atoms with van der Waals surface area (Å²) < 4.78 is 5.90. The largest absolute Gasteiger partial charge is 0.457 e. The lowest BCUT2D eigenvalue weighted by Gasteiger charge is -2.32. The van der Waals surface area contributed by atoms with Crippen molar-refractivity contribution in [3.8, 4) is 5.75 Å². The number of likely N-dealkylation sites (N-methyl/N-ethyl adjacent to an activating group) is 3. The van der Waals surface area contributed by atoms with Crippen molar-refractivity contribution in [3.63, 3.8) is 0 Å². The molecule has 2 aromatic rings. The normalized spacial score (nSPS) is 15.8. The van der Waals surface area contributed by atoms with E-state index in [0.29, 0.717) is 11.3 Å². The second-order valence-corrected chi connectivity index (χ2v) is 9.76. The molecule has 2 aromatic carbocycles. The standard InChI is InChI=1S/C18H22N2O2.C13H19N3O/c1-5-6-15(11-13(2)18(21)19-3)22-16-7-8-17-14(12-16)9-10-20(17)4;1-15-5-7-16(8-6-15)10-12-3-2-4-13(9-12)14-11-17/h5-8,11-12H,2,9-10H2,1,3-4H3,(H,19,21);2-4,9,11H,5-8,10H2,1H3,(H,14,17)/b6-5-,15-11+;. The molecule has 39 heavy (non-hydrogen) atoms. The van der Waals surface area contributed by atoms with Gasteiger partial charge < -0.3 is 25.2 Å². The van der Waals surface area contributed by atoms with Crippen LogP contribution in [0.25, 0.3) is 0 Å². The predicted octanol–water partition coefficient (Wildman–Crippen LogP) is 3.82. The summed E-state index contributed by atoms with van der Waals surface area (Å²) in [5.74, 6) is 1.13. The van der Waals surface area contributed by atoms with Crippen LogP contribution in [0.15, 0.2) is 78.6 Å². The highest BCUT2D eigenvalue weighted by Crippen LogP contribution is 2.31. The summed E-state index contributed by atoms with van der Waals surface area (Å²) in [5.41, 5.74) is 5.01. The maximum Gasteiger partial charge on any atom is 0.250 e. The Kier molecular flexibility index (Phi) is 11.3. The topological polar surface area (TPSA) is 77.2 Å². The molecular weight excluding hydrogens is 490 g/mol. The molecule has 208 valence electrons. The van der Waals surface area contributed by atoms with E-state index >= 15 is 0 Å². The van der Waals surface area contributed by atoms with Crippen LogP contribution in [0.4, 0.5) is 11.4 Å². The van der Waals surface area contributed by atoms with Crippen molar-refractivity contribution in [3.05, 3.63) is 89.7 Å². The molecule has 2 amide bonds. The number of fused-ring (bicyclic) bond motifs is 1. The van der Waals surface area contributed by atoms with E-state index in [1.807, 2.05) is 43.3 Å². The first-order valence-corrected chi connectivity index (χ1v) is 13.3. The van der Waals surface area contributed by atoms with Crippen molar-refractivity contribution in [2.45, 2.75) is 19.9 Å². The molecule has 0 unspecified atom stereocenters. The summed E-state index contributed by atoms with van der Waals surface area (Å²) in [6, 6.07) is 14.1. The Morgan fingerprint density at radius 1 is 1.08 bits per heavy atom. The van der Waals surface area contributed by atoms with E-state index in [0.717, 1.165) is 63.5 Å². The van der Waals surface area contributed by atoms with Crippen molar-refractivity contribution in [1.29, 1.82) is 0 Å². The van der Waals surface area contributed by atoms with Gasteiger partial charge in [0.05, 0.1) is 0 Å². The van der Waals surface area contributed by atoms with Gasteiger partial charge in [-0.15, -0.1) is 0 Å². The van der Waals surface area contributed by atoms with Crippen molar-refractivity contribution in [1.82, 2.24) is 15.1 Å². The molecule has 1 saturated heterocycles. The van der Waals surface area contributed by atoms with Gasteiger partial charge in [0.1, 0.15) is 11.5 Å². The molecule has 0 spiro atoms. The molecule has 0 atom stereocenters. The Morgan fingerprint density at radius 2 is 1.85 bits per heavy atom. The lowest BCUT2D eigenvalue weighted by Crippen LogP contribution is -2.43. The molecule has 8 heteroatoms. The molecule has 2 aliphatic heterocycles. The highest BCUT2D eigenvalue weighted by molar-refractivity contribution is 5.95. The second-order valence-electron chi connectivity index (χ2n) is 9.76. The highest BCUT2D eigenvalue weighted by atomic mass is 16.5. The third-order valence-electron chi connectivity index (χ3n) is 6.74. The summed E-state index contributed by atoms with van der Waals surface area (Å²) in [5, 5.41) is 5.23. The van der Waals surface area contributed by atoms with Crippen LogP contribution >= 0.6 is 0 Å². The van der Waals surface area contributed by atoms with Gasteiger partial charge in [-0.25, -0.2) is 0 Å². The number of hydrogen-bond acceptors (Lipinski definition) is 6. The van der Waals surface area contributed by atoms with E-state index < -0.39 is 0 Å². The lowest BCUT2D eigenvalue weighted by atomic mass is 10.1. The monoisotopic (exact) mass is 531 g/mol. The van der Waals surface area contributed by atoms with Crippen LogP contribution in [-0.4, -0.2) is 76.0 Å². The molecule has 0 saturated carbocycles. The smallest absolute Gasteiger partial charge is 0.250 e. The van der Waals surface area contributed by atoms with Crippen molar-refractivity contribution >= 4 is 23.7 Å². The molecule has 1 fully saturated rings. The Balaban J connectivity index is 0.000000223. The van der Waals surface area contributed by atoms with E-state index in [-0.39, 0.29) is 5.91 Å². The zero-order valence-corrected chi connectivity index (χ0v) is 23.6. The molecule has 2 N–H and O–H groups in total. The van der Waals surface area contributed by atoms with Crippen molar-refractivity contribution in [2.75, 3.05) is 64.1 Å². The zero-order valence-electron chi connectivity index (χ0n) is 23.6. The Hall–Kier alpha value is -3.88. The fourth-order valence-corrected chi connectivity index (χ4v) is 4.51. The number of hydrogen-bond donors (Lipinski definition) is 2. The number of benzene rings is 2. The molecule has 0 aliphatic carbocycles. The molecule has 8 nitrogen and oxygen atoms in total. The first-order valence-electron chi connectivity index (χ1n) is 13.3. The number of piperazine rings is 1. The summed E-state index contributed by atoms with van der Waals surface area (Å²) in [4.78, 5) is 29.0. The lowest BCUT2D eigenvalue weighted by molar-refractivity contribution is -0.116. The third kappa shape index (κ3) is 9.12. The highest BCUT2D eigenvalue weighted by Gasteiger charge is 2.16. The summed E-state index contributed by atoms with van der Waals surface area (Å²) in [6.45, 7) is 12.1. The van der Waals surface area contributed by atoms with Gasteiger partial charge in [0.25, 0.3) is 5.91 Å². The molecular formula is C31H41N5O3. The summed E-state index contributed by atoms with van der Waals surface area (Å²) in [6.07, 6.45) is 7.06. The number of nitrogens with one attached hydrogen (secondary N) is 2. The van der Waals surface area contributed by atoms with Crippen LogP contribution in [0.2, 0.25) is 0 Å². The molecule has 0 radical (unpaired) electrons. The average molecular weight is 532 g/mol. The van der Waals surface area contributed by atoms with Crippen LogP contribution in [-0.2, 0) is 22.6 Å². The fraction of sp³-hybridized carbons (Fsp3) is 0.355. The number of amides is 2. The molecule has 0 bridgehead atoms. The van der Waals surface area contributed by atoms with E-state index in [9.17, 15) is 9.59 Å². The minimum atomic E-state index is -0.221. The van der Waals surface area contributed by atoms with Crippen molar-refractivity contribution < 1.29 is 14.3 Å². The first kappa shape index (κ1) is 29.7. The predicted molar refractivity (Wildman–Crippen MR) is 159 cm³/mol. The van der Waals surface area contributed by atoms with Gasteiger partial charge in [-0.2, -0.15) is 0 Å². The second kappa shape index (κ2) is 14.9. The van der Waals surface area contributed by atoms with Crippen LogP contribution in [0.3, 0.4) is 0 Å².